The quantitative estimate of drug-likeness (QED) is 0.328. The fourth-order valence-corrected chi connectivity index (χ4v) is 5.42. The number of phenols is 2. The van der Waals surface area contributed by atoms with Gasteiger partial charge in [-0.1, -0.05) is 24.3 Å². The van der Waals surface area contributed by atoms with Crippen LogP contribution in [0, 0.1) is 0 Å². The van der Waals surface area contributed by atoms with Crippen molar-refractivity contribution < 1.29 is 44.3 Å². The lowest BCUT2D eigenvalue weighted by Crippen LogP contribution is -2.52. The second-order valence-electron chi connectivity index (χ2n) is 9.80. The first kappa shape index (κ1) is 24.5. The Morgan fingerprint density at radius 2 is 1.69 bits per heavy atom. The summed E-state index contributed by atoms with van der Waals surface area (Å²) in [5.41, 5.74) is 3.38. The molecule has 0 unspecified atom stereocenters. The molecule has 1 saturated heterocycles. The number of aliphatic hydroxyl groups is 2. The zero-order chi connectivity index (χ0) is 26.1. The van der Waals surface area contributed by atoms with Crippen molar-refractivity contribution in [1.29, 1.82) is 0 Å². The van der Waals surface area contributed by atoms with E-state index in [1.807, 2.05) is 0 Å². The summed E-state index contributed by atoms with van der Waals surface area (Å²) in [6.45, 7) is 2.80. The highest BCUT2D eigenvalue weighted by Gasteiger charge is 2.49. The third-order valence-corrected chi connectivity index (χ3v) is 7.50. The standard InChI is InChI=1S/C26H27NO9/c1-10-21(29)15(27)7-17(35-10)36-16-9-26(34,11(2)28)8-14-18(16)25(33)20-19(24(14)32)22(30)12-5-3-4-6-13(12)23(20)31/h3-6,10,15-17,21,29,32-34H,7-9,27H2,1-2H3/t10-,15+,16+,17+,21-,26+/m1/s1. The Kier molecular flexibility index (Phi) is 5.77. The number of rotatable bonds is 3. The predicted octanol–water partition coefficient (Wildman–Crippen LogP) is 1.02. The summed E-state index contributed by atoms with van der Waals surface area (Å²) >= 11 is 0. The van der Waals surface area contributed by atoms with Crippen molar-refractivity contribution in [3.63, 3.8) is 0 Å². The maximum absolute atomic E-state index is 13.3. The highest BCUT2D eigenvalue weighted by atomic mass is 16.7. The number of fused-ring (bicyclic) bond motifs is 3. The Morgan fingerprint density at radius 1 is 1.11 bits per heavy atom. The zero-order valence-electron chi connectivity index (χ0n) is 19.7. The minimum atomic E-state index is -1.97. The number of phenolic OH excluding ortho intramolecular Hbond substituents is 2. The normalized spacial score (nSPS) is 31.4. The number of carbonyl (C=O) groups excluding carboxylic acids is 3. The molecule has 0 saturated carbocycles. The van der Waals surface area contributed by atoms with E-state index in [4.69, 9.17) is 15.2 Å². The van der Waals surface area contributed by atoms with E-state index in [1.54, 1.807) is 19.1 Å². The zero-order valence-corrected chi connectivity index (χ0v) is 19.7. The number of aliphatic hydroxyl groups excluding tert-OH is 1. The van der Waals surface area contributed by atoms with Crippen molar-refractivity contribution in [1.82, 2.24) is 0 Å². The van der Waals surface area contributed by atoms with E-state index in [9.17, 15) is 34.8 Å². The summed E-state index contributed by atoms with van der Waals surface area (Å²) in [6.07, 6.45) is -4.38. The van der Waals surface area contributed by atoms with Crippen molar-refractivity contribution in [2.45, 2.75) is 69.4 Å². The molecule has 1 fully saturated rings. The summed E-state index contributed by atoms with van der Waals surface area (Å²) < 4.78 is 11.8. The maximum atomic E-state index is 13.3. The van der Waals surface area contributed by atoms with E-state index >= 15 is 0 Å². The molecule has 6 N–H and O–H groups in total. The monoisotopic (exact) mass is 497 g/mol. The molecule has 5 rings (SSSR count). The number of Topliss-reactive ketones (excluding diaryl/α,β-unsaturated/α-hetero) is 1. The van der Waals surface area contributed by atoms with Gasteiger partial charge < -0.3 is 35.6 Å². The van der Waals surface area contributed by atoms with Gasteiger partial charge in [0.25, 0.3) is 0 Å². The Hall–Kier alpha value is -3.15. The number of nitrogens with two attached hydrogens (primary N) is 1. The number of ketones is 3. The van der Waals surface area contributed by atoms with Crippen LogP contribution < -0.4 is 5.73 Å². The Bertz CT molecular complexity index is 1290. The Morgan fingerprint density at radius 3 is 2.25 bits per heavy atom. The molecular formula is C26H27NO9. The van der Waals surface area contributed by atoms with Crippen molar-refractivity contribution in [3.05, 3.63) is 57.6 Å². The highest BCUT2D eigenvalue weighted by Crippen LogP contribution is 2.51. The van der Waals surface area contributed by atoms with E-state index in [-0.39, 0.29) is 46.2 Å². The average Bonchev–Trinajstić information content (AvgIpc) is 2.82. The van der Waals surface area contributed by atoms with Gasteiger partial charge in [0.2, 0.25) is 0 Å². The van der Waals surface area contributed by atoms with Gasteiger partial charge in [-0.3, -0.25) is 14.4 Å². The smallest absolute Gasteiger partial charge is 0.198 e. The second kappa shape index (κ2) is 8.46. The molecule has 1 aliphatic heterocycles. The van der Waals surface area contributed by atoms with Gasteiger partial charge in [0, 0.05) is 47.6 Å². The van der Waals surface area contributed by atoms with E-state index in [0.717, 1.165) is 0 Å². The molecule has 0 amide bonds. The van der Waals surface area contributed by atoms with E-state index in [1.165, 1.54) is 19.1 Å². The van der Waals surface area contributed by atoms with Gasteiger partial charge >= 0.3 is 0 Å². The van der Waals surface area contributed by atoms with Crippen LogP contribution in [0.25, 0.3) is 0 Å². The number of ether oxygens (including phenoxy) is 2. The predicted molar refractivity (Wildman–Crippen MR) is 124 cm³/mol. The minimum Gasteiger partial charge on any atom is -0.507 e. The fourth-order valence-electron chi connectivity index (χ4n) is 5.42. The third-order valence-electron chi connectivity index (χ3n) is 7.50. The van der Waals surface area contributed by atoms with Gasteiger partial charge in [0.15, 0.2) is 23.6 Å². The van der Waals surface area contributed by atoms with E-state index < -0.39 is 71.5 Å². The molecule has 0 radical (unpaired) electrons. The Labute approximate surface area is 206 Å². The van der Waals surface area contributed by atoms with Crippen LogP contribution in [0.5, 0.6) is 11.5 Å². The van der Waals surface area contributed by atoms with Crippen molar-refractivity contribution in [2.75, 3.05) is 0 Å². The number of hydrogen-bond donors (Lipinski definition) is 5. The van der Waals surface area contributed by atoms with Crippen LogP contribution in [0.15, 0.2) is 24.3 Å². The van der Waals surface area contributed by atoms with Gasteiger partial charge in [-0.15, -0.1) is 0 Å². The first-order valence-corrected chi connectivity index (χ1v) is 11.7. The molecular weight excluding hydrogens is 470 g/mol. The first-order valence-electron chi connectivity index (χ1n) is 11.7. The first-order chi connectivity index (χ1) is 16.9. The average molecular weight is 498 g/mol. The lowest BCUT2D eigenvalue weighted by atomic mass is 9.72. The van der Waals surface area contributed by atoms with Gasteiger partial charge in [0.1, 0.15) is 17.1 Å². The van der Waals surface area contributed by atoms with Crippen molar-refractivity contribution in [2.24, 2.45) is 5.73 Å². The van der Waals surface area contributed by atoms with Crippen LogP contribution >= 0.6 is 0 Å². The third kappa shape index (κ3) is 3.56. The molecule has 0 spiro atoms. The lowest BCUT2D eigenvalue weighted by Gasteiger charge is -2.42. The molecule has 0 bridgehead atoms. The largest absolute Gasteiger partial charge is 0.507 e. The van der Waals surface area contributed by atoms with Crippen LogP contribution in [0.4, 0.5) is 0 Å². The number of carbonyl (C=O) groups is 3. The summed E-state index contributed by atoms with van der Waals surface area (Å²) in [5, 5.41) is 43.8. The van der Waals surface area contributed by atoms with Crippen LogP contribution in [-0.2, 0) is 20.7 Å². The van der Waals surface area contributed by atoms with Gasteiger partial charge in [-0.25, -0.2) is 0 Å². The van der Waals surface area contributed by atoms with Crippen LogP contribution in [0.1, 0.15) is 75.8 Å². The van der Waals surface area contributed by atoms with Crippen molar-refractivity contribution >= 4 is 17.3 Å². The maximum Gasteiger partial charge on any atom is 0.198 e. The summed E-state index contributed by atoms with van der Waals surface area (Å²) in [4.78, 5) is 39.0. The molecule has 2 aromatic rings. The van der Waals surface area contributed by atoms with E-state index in [2.05, 4.69) is 0 Å². The molecule has 0 aromatic heterocycles. The number of hydrogen-bond acceptors (Lipinski definition) is 10. The molecule has 190 valence electrons. The highest BCUT2D eigenvalue weighted by molar-refractivity contribution is 6.30. The van der Waals surface area contributed by atoms with Gasteiger partial charge in [-0.05, 0) is 13.8 Å². The second-order valence-corrected chi connectivity index (χ2v) is 9.80. The molecule has 10 nitrogen and oxygen atoms in total. The van der Waals surface area contributed by atoms with Gasteiger partial charge in [-0.2, -0.15) is 0 Å². The van der Waals surface area contributed by atoms with Crippen LogP contribution in [0.2, 0.25) is 0 Å². The van der Waals surface area contributed by atoms with Crippen LogP contribution in [0.3, 0.4) is 0 Å². The lowest BCUT2D eigenvalue weighted by molar-refractivity contribution is -0.247. The van der Waals surface area contributed by atoms with E-state index in [0.29, 0.717) is 0 Å². The summed E-state index contributed by atoms with van der Waals surface area (Å²) in [7, 11) is 0. The number of aromatic hydroxyl groups is 2. The topological polar surface area (TPSA) is 177 Å². The molecule has 2 aromatic carbocycles. The minimum absolute atomic E-state index is 0.00588. The Balaban J connectivity index is 1.66. The fraction of sp³-hybridized carbons (Fsp3) is 0.423. The molecule has 36 heavy (non-hydrogen) atoms. The van der Waals surface area contributed by atoms with Gasteiger partial charge in [0.05, 0.1) is 29.4 Å². The summed E-state index contributed by atoms with van der Waals surface area (Å²) in [6, 6.07) is 5.40. The van der Waals surface area contributed by atoms with Crippen LogP contribution in [-0.4, -0.2) is 67.9 Å². The molecule has 2 aliphatic carbocycles. The van der Waals surface area contributed by atoms with Crippen molar-refractivity contribution in [3.8, 4) is 11.5 Å². The summed E-state index contributed by atoms with van der Waals surface area (Å²) in [5.74, 6) is -3.06. The molecule has 10 heteroatoms. The molecule has 1 heterocycles. The molecule has 3 aliphatic rings. The number of benzene rings is 2. The SMILES string of the molecule is CC(=O)[C@]1(O)Cc2c(O)c3c(c(O)c2[C@@H](O[C@H]2C[C@H](N)[C@H](O)[C@@H](C)O2)C1)C(=O)c1ccccc1C3=O. The molecule has 6 atom stereocenters.